The second-order valence-corrected chi connectivity index (χ2v) is 6.50. The Kier molecular flexibility index (Phi) is 4.04. The number of hydrogen-bond donors (Lipinski definition) is 0. The first kappa shape index (κ1) is 13.6. The Labute approximate surface area is 123 Å². The number of ether oxygens (including phenoxy) is 1. The zero-order valence-corrected chi connectivity index (χ0v) is 12.1. The molecule has 1 aromatic heterocycles. The molecule has 5 heteroatoms. The minimum absolute atomic E-state index is 0.00995. The average molecular weight is 290 g/mol. The summed E-state index contributed by atoms with van der Waals surface area (Å²) in [5.41, 5.74) is 0. The second kappa shape index (κ2) is 5.94. The van der Waals surface area contributed by atoms with E-state index in [0.29, 0.717) is 25.6 Å². The molecule has 3 rings (SSSR count). The highest BCUT2D eigenvalue weighted by Crippen LogP contribution is 2.36. The van der Waals surface area contributed by atoms with Crippen LogP contribution in [0.2, 0.25) is 0 Å². The molecule has 2 fully saturated rings. The first-order chi connectivity index (χ1) is 9.78. The normalized spacial score (nSPS) is 24.1. The van der Waals surface area contributed by atoms with Gasteiger partial charge in [0, 0.05) is 11.4 Å². The van der Waals surface area contributed by atoms with Crippen molar-refractivity contribution in [2.45, 2.75) is 25.4 Å². The summed E-state index contributed by atoms with van der Waals surface area (Å²) in [4.78, 5) is 15.4. The third kappa shape index (κ3) is 3.02. The fourth-order valence-corrected chi connectivity index (χ4v) is 3.38. The van der Waals surface area contributed by atoms with Gasteiger partial charge in [0.05, 0.1) is 19.2 Å². The first-order valence-electron chi connectivity index (χ1n) is 7.11. The Bertz CT molecular complexity index is 504. The summed E-state index contributed by atoms with van der Waals surface area (Å²) in [7, 11) is 0. The van der Waals surface area contributed by atoms with Crippen molar-refractivity contribution in [3.05, 3.63) is 22.4 Å². The maximum absolute atomic E-state index is 12.5. The van der Waals surface area contributed by atoms with Gasteiger partial charge < -0.3 is 9.64 Å². The molecule has 4 nitrogen and oxygen atoms in total. The van der Waals surface area contributed by atoms with Crippen molar-refractivity contribution in [3.63, 3.8) is 0 Å². The van der Waals surface area contributed by atoms with E-state index in [1.54, 1.807) is 11.3 Å². The summed E-state index contributed by atoms with van der Waals surface area (Å²) in [6, 6.07) is 6.22. The van der Waals surface area contributed by atoms with Gasteiger partial charge in [0.15, 0.2) is 0 Å². The lowest BCUT2D eigenvalue weighted by Gasteiger charge is -2.33. The largest absolute Gasteiger partial charge is 0.369 e. The van der Waals surface area contributed by atoms with Crippen LogP contribution in [0.25, 0.3) is 0 Å². The van der Waals surface area contributed by atoms with E-state index < -0.39 is 5.92 Å². The Morgan fingerprint density at radius 1 is 1.60 bits per heavy atom. The predicted octanol–water partition coefficient (Wildman–Crippen LogP) is 2.59. The number of hydrogen-bond acceptors (Lipinski definition) is 4. The fourth-order valence-electron chi connectivity index (χ4n) is 2.61. The third-order valence-electron chi connectivity index (χ3n) is 3.96. The van der Waals surface area contributed by atoms with Gasteiger partial charge >= 0.3 is 0 Å². The van der Waals surface area contributed by atoms with Crippen LogP contribution in [0.1, 0.15) is 30.2 Å². The summed E-state index contributed by atoms with van der Waals surface area (Å²) >= 11 is 1.65. The number of nitrogens with zero attached hydrogens (tertiary/aromatic N) is 2. The molecule has 0 aromatic carbocycles. The lowest BCUT2D eigenvalue weighted by atomic mass is 10.0. The quantitative estimate of drug-likeness (QED) is 0.856. The van der Waals surface area contributed by atoms with Crippen molar-refractivity contribution >= 4 is 17.2 Å². The van der Waals surface area contributed by atoms with E-state index in [9.17, 15) is 10.1 Å². The van der Waals surface area contributed by atoms with Crippen molar-refractivity contribution in [3.8, 4) is 6.07 Å². The molecule has 20 heavy (non-hydrogen) atoms. The summed E-state index contributed by atoms with van der Waals surface area (Å²) < 4.78 is 5.74. The second-order valence-electron chi connectivity index (χ2n) is 5.52. The number of carbonyl (C=O) groups is 1. The number of morpholine rings is 1. The minimum Gasteiger partial charge on any atom is -0.369 e. The fraction of sp³-hybridized carbons (Fsp3) is 0.600. The van der Waals surface area contributed by atoms with Gasteiger partial charge in [-0.15, -0.1) is 11.3 Å². The summed E-state index contributed by atoms with van der Waals surface area (Å²) in [5, 5.41) is 11.2. The van der Waals surface area contributed by atoms with Crippen LogP contribution in [0.15, 0.2) is 17.5 Å². The molecule has 106 valence electrons. The molecule has 1 aromatic rings. The van der Waals surface area contributed by atoms with Gasteiger partial charge in [0.2, 0.25) is 5.91 Å². The Morgan fingerprint density at radius 3 is 3.10 bits per heavy atom. The zero-order chi connectivity index (χ0) is 13.9. The molecule has 0 N–H and O–H groups in total. The average Bonchev–Trinajstić information content (AvgIpc) is 3.14. The minimum atomic E-state index is -0.468. The van der Waals surface area contributed by atoms with Crippen LogP contribution >= 0.6 is 11.3 Å². The summed E-state index contributed by atoms with van der Waals surface area (Å²) in [5.74, 6) is 0.117. The summed E-state index contributed by atoms with van der Waals surface area (Å²) in [6.07, 6.45) is 3.04. The molecule has 0 spiro atoms. The molecular weight excluding hydrogens is 272 g/mol. The van der Waals surface area contributed by atoms with E-state index in [0.717, 1.165) is 11.3 Å². The Balaban J connectivity index is 1.63. The van der Waals surface area contributed by atoms with E-state index >= 15 is 0 Å². The van der Waals surface area contributed by atoms with Crippen LogP contribution in [0.3, 0.4) is 0 Å². The van der Waals surface area contributed by atoms with E-state index in [-0.39, 0.29) is 12.0 Å². The van der Waals surface area contributed by atoms with E-state index in [2.05, 4.69) is 6.07 Å². The highest BCUT2D eigenvalue weighted by Gasteiger charge is 2.34. The van der Waals surface area contributed by atoms with E-state index in [1.165, 1.54) is 12.8 Å². The molecule has 1 amide bonds. The molecule has 1 saturated heterocycles. The van der Waals surface area contributed by atoms with Crippen molar-refractivity contribution in [2.24, 2.45) is 11.8 Å². The van der Waals surface area contributed by atoms with Crippen LogP contribution in [-0.2, 0) is 9.53 Å². The van der Waals surface area contributed by atoms with Gasteiger partial charge in [-0.25, -0.2) is 0 Å². The number of carbonyl (C=O) groups excluding carboxylic acids is 1. The standard InChI is InChI=1S/C15H18N2O2S/c16-9-12(8-11-3-4-11)15(18)17-5-6-19-13(10-17)14-2-1-7-20-14/h1-2,7,11-13H,3-6,8,10H2/t12-,13-/m0/s1. The van der Waals surface area contributed by atoms with Crippen LogP contribution in [0.5, 0.6) is 0 Å². The molecule has 2 heterocycles. The Morgan fingerprint density at radius 2 is 2.45 bits per heavy atom. The number of rotatable bonds is 4. The lowest BCUT2D eigenvalue weighted by Crippen LogP contribution is -2.44. The summed E-state index contributed by atoms with van der Waals surface area (Å²) in [6.45, 7) is 1.72. The number of nitriles is 1. The molecule has 1 aliphatic carbocycles. The number of thiophene rings is 1. The molecular formula is C15H18N2O2S. The van der Waals surface area contributed by atoms with Gasteiger partial charge in [-0.1, -0.05) is 18.9 Å². The van der Waals surface area contributed by atoms with Gasteiger partial charge in [0.1, 0.15) is 12.0 Å². The first-order valence-corrected chi connectivity index (χ1v) is 7.99. The van der Waals surface area contributed by atoms with Crippen LogP contribution in [0, 0.1) is 23.2 Å². The lowest BCUT2D eigenvalue weighted by molar-refractivity contribution is -0.141. The topological polar surface area (TPSA) is 53.3 Å². The van der Waals surface area contributed by atoms with E-state index in [1.807, 2.05) is 22.4 Å². The molecule has 0 radical (unpaired) electrons. The van der Waals surface area contributed by atoms with Crippen LogP contribution < -0.4 is 0 Å². The van der Waals surface area contributed by atoms with E-state index in [4.69, 9.17) is 4.74 Å². The molecule has 2 atom stereocenters. The maximum Gasteiger partial charge on any atom is 0.240 e. The maximum atomic E-state index is 12.5. The van der Waals surface area contributed by atoms with Crippen LogP contribution in [-0.4, -0.2) is 30.5 Å². The van der Waals surface area contributed by atoms with Gasteiger partial charge in [-0.3, -0.25) is 4.79 Å². The monoisotopic (exact) mass is 290 g/mol. The third-order valence-corrected chi connectivity index (χ3v) is 4.92. The van der Waals surface area contributed by atoms with Crippen LogP contribution in [0.4, 0.5) is 0 Å². The predicted molar refractivity (Wildman–Crippen MR) is 76.0 cm³/mol. The van der Waals surface area contributed by atoms with Gasteiger partial charge in [-0.05, 0) is 23.8 Å². The van der Waals surface area contributed by atoms with Gasteiger partial charge in [-0.2, -0.15) is 5.26 Å². The molecule has 0 bridgehead atoms. The Hall–Kier alpha value is -1.38. The smallest absolute Gasteiger partial charge is 0.240 e. The van der Waals surface area contributed by atoms with Crippen molar-refractivity contribution in [2.75, 3.05) is 19.7 Å². The zero-order valence-electron chi connectivity index (χ0n) is 11.3. The van der Waals surface area contributed by atoms with Crippen molar-refractivity contribution in [1.29, 1.82) is 5.26 Å². The molecule has 0 unspecified atom stereocenters. The molecule has 1 aliphatic heterocycles. The molecule has 2 aliphatic rings. The molecule has 1 saturated carbocycles. The van der Waals surface area contributed by atoms with Crippen molar-refractivity contribution in [1.82, 2.24) is 4.90 Å². The number of amides is 1. The highest BCUT2D eigenvalue weighted by atomic mass is 32.1. The SMILES string of the molecule is N#C[C@H](CC1CC1)C(=O)N1CCO[C@H](c2cccs2)C1. The van der Waals surface area contributed by atoms with Gasteiger partial charge in [0.25, 0.3) is 0 Å². The van der Waals surface area contributed by atoms with Crippen molar-refractivity contribution < 1.29 is 9.53 Å². The highest BCUT2D eigenvalue weighted by molar-refractivity contribution is 7.10.